The summed E-state index contributed by atoms with van der Waals surface area (Å²) in [4.78, 5) is 11.0. The Morgan fingerprint density at radius 2 is 2.13 bits per heavy atom. The van der Waals surface area contributed by atoms with Crippen molar-refractivity contribution >= 4 is 22.6 Å². The Kier molecular flexibility index (Phi) is 2.16. The number of phenolic OH excluding ortho intramolecular Hbond substituents is 1. The Morgan fingerprint density at radius 3 is 2.80 bits per heavy atom. The van der Waals surface area contributed by atoms with Crippen LogP contribution in [-0.2, 0) is 0 Å². The van der Waals surface area contributed by atoms with Crippen LogP contribution in [-0.4, -0.2) is 5.11 Å². The molecule has 0 saturated carbocycles. The quantitative estimate of drug-likeness (QED) is 0.705. The molecule has 0 bridgehead atoms. The van der Waals surface area contributed by atoms with E-state index in [2.05, 4.69) is 4.42 Å². The van der Waals surface area contributed by atoms with Gasteiger partial charge < -0.3 is 9.52 Å². The first-order valence-corrected chi connectivity index (χ1v) is 4.50. The molecule has 0 atom stereocenters. The van der Waals surface area contributed by atoms with Gasteiger partial charge in [-0.25, -0.2) is 4.79 Å². The Morgan fingerprint density at radius 1 is 1.47 bits per heavy atom. The molecule has 0 unspecified atom stereocenters. The lowest BCUT2D eigenvalue weighted by atomic mass is 10.1. The minimum Gasteiger partial charge on any atom is -0.504 e. The van der Waals surface area contributed by atoms with Gasteiger partial charge in [-0.1, -0.05) is 11.6 Å². The molecule has 78 valence electrons. The predicted molar refractivity (Wildman–Crippen MR) is 53.9 cm³/mol. The zero-order valence-corrected chi connectivity index (χ0v) is 8.43. The summed E-state index contributed by atoms with van der Waals surface area (Å²) in [6, 6.07) is 2.59. The lowest BCUT2D eigenvalue weighted by Gasteiger charge is -2.04. The number of halogens is 2. The van der Waals surface area contributed by atoms with Crippen molar-refractivity contribution in [2.75, 3.05) is 0 Å². The number of rotatable bonds is 0. The molecular formula is C10H6ClFO3. The van der Waals surface area contributed by atoms with Gasteiger partial charge in [0.2, 0.25) is 5.82 Å². The molecule has 1 N–H and O–H groups in total. The summed E-state index contributed by atoms with van der Waals surface area (Å²) in [7, 11) is 0. The normalized spacial score (nSPS) is 10.9. The fraction of sp³-hybridized carbons (Fsp3) is 0.100. The SMILES string of the molecule is Cc1cc(=O)oc2c(F)c(O)c(Cl)cc12. The molecule has 1 aromatic carbocycles. The maximum absolute atomic E-state index is 13.5. The van der Waals surface area contributed by atoms with Gasteiger partial charge in [-0.15, -0.1) is 0 Å². The summed E-state index contributed by atoms with van der Waals surface area (Å²) < 4.78 is 18.1. The maximum atomic E-state index is 13.5. The molecule has 5 heteroatoms. The number of benzene rings is 1. The van der Waals surface area contributed by atoms with Crippen molar-refractivity contribution in [3.8, 4) is 5.75 Å². The molecule has 0 radical (unpaired) electrons. The van der Waals surface area contributed by atoms with E-state index in [4.69, 9.17) is 11.6 Å². The van der Waals surface area contributed by atoms with E-state index in [9.17, 15) is 14.3 Å². The van der Waals surface area contributed by atoms with Crippen LogP contribution in [0.15, 0.2) is 21.3 Å². The zero-order valence-electron chi connectivity index (χ0n) is 7.67. The summed E-state index contributed by atoms with van der Waals surface area (Å²) >= 11 is 5.59. The Balaban J connectivity index is 3.05. The van der Waals surface area contributed by atoms with Gasteiger partial charge in [0.1, 0.15) is 0 Å². The molecule has 0 spiro atoms. The average Bonchev–Trinajstić information content (AvgIpc) is 2.17. The second-order valence-corrected chi connectivity index (χ2v) is 3.55. The highest BCUT2D eigenvalue weighted by Crippen LogP contribution is 2.33. The lowest BCUT2D eigenvalue weighted by Crippen LogP contribution is -1.99. The van der Waals surface area contributed by atoms with E-state index in [1.54, 1.807) is 6.92 Å². The molecule has 0 aliphatic heterocycles. The molecule has 0 saturated heterocycles. The summed E-state index contributed by atoms with van der Waals surface area (Å²) in [5.74, 6) is -1.73. The third-order valence-electron chi connectivity index (χ3n) is 2.11. The van der Waals surface area contributed by atoms with Gasteiger partial charge in [0, 0.05) is 11.5 Å². The third kappa shape index (κ3) is 1.47. The van der Waals surface area contributed by atoms with Crippen LogP contribution in [0, 0.1) is 12.7 Å². The molecule has 15 heavy (non-hydrogen) atoms. The van der Waals surface area contributed by atoms with E-state index in [1.165, 1.54) is 12.1 Å². The van der Waals surface area contributed by atoms with Crippen molar-refractivity contribution in [3.05, 3.63) is 39.0 Å². The van der Waals surface area contributed by atoms with Crippen molar-refractivity contribution in [1.82, 2.24) is 0 Å². The summed E-state index contributed by atoms with van der Waals surface area (Å²) in [6.45, 7) is 1.63. The number of hydrogen-bond acceptors (Lipinski definition) is 3. The highest BCUT2D eigenvalue weighted by molar-refractivity contribution is 6.32. The van der Waals surface area contributed by atoms with Crippen LogP contribution in [0.25, 0.3) is 11.0 Å². The van der Waals surface area contributed by atoms with E-state index in [0.29, 0.717) is 10.9 Å². The molecule has 0 aliphatic rings. The molecule has 0 fully saturated rings. The maximum Gasteiger partial charge on any atom is 0.336 e. The second kappa shape index (κ2) is 3.24. The van der Waals surface area contributed by atoms with Gasteiger partial charge in [-0.2, -0.15) is 4.39 Å². The van der Waals surface area contributed by atoms with Gasteiger partial charge in [0.25, 0.3) is 0 Å². The molecule has 0 amide bonds. The first-order valence-electron chi connectivity index (χ1n) is 4.12. The predicted octanol–water partition coefficient (Wildman–Crippen LogP) is 2.60. The van der Waals surface area contributed by atoms with E-state index >= 15 is 0 Å². The third-order valence-corrected chi connectivity index (χ3v) is 2.40. The monoisotopic (exact) mass is 228 g/mol. The Hall–Kier alpha value is -1.55. The molecule has 3 nitrogen and oxygen atoms in total. The smallest absolute Gasteiger partial charge is 0.336 e. The summed E-state index contributed by atoms with van der Waals surface area (Å²) in [6.07, 6.45) is 0. The first kappa shape index (κ1) is 9.98. The zero-order chi connectivity index (χ0) is 11.2. The fourth-order valence-electron chi connectivity index (χ4n) is 1.37. The Bertz CT molecular complexity index is 604. The number of hydrogen-bond donors (Lipinski definition) is 1. The standard InChI is InChI=1S/C10H6ClFO3/c1-4-2-7(13)15-10-5(4)3-6(11)9(14)8(10)12/h2-3,14H,1H3. The topological polar surface area (TPSA) is 50.4 Å². The first-order chi connectivity index (χ1) is 7.00. The number of fused-ring (bicyclic) bond motifs is 1. The van der Waals surface area contributed by atoms with Gasteiger partial charge in [0.15, 0.2) is 11.3 Å². The van der Waals surface area contributed by atoms with Gasteiger partial charge in [-0.3, -0.25) is 0 Å². The van der Waals surface area contributed by atoms with E-state index in [-0.39, 0.29) is 10.6 Å². The minimum atomic E-state index is -1.02. The van der Waals surface area contributed by atoms with Crippen LogP contribution in [0.1, 0.15) is 5.56 Å². The number of aryl methyl sites for hydroxylation is 1. The summed E-state index contributed by atoms with van der Waals surface area (Å²) in [5.41, 5.74) is -0.399. The molecule has 1 aromatic heterocycles. The second-order valence-electron chi connectivity index (χ2n) is 3.15. The van der Waals surface area contributed by atoms with E-state index < -0.39 is 17.2 Å². The molecule has 2 rings (SSSR count). The van der Waals surface area contributed by atoms with Gasteiger partial charge >= 0.3 is 5.63 Å². The number of phenols is 1. The van der Waals surface area contributed by atoms with Crippen LogP contribution in [0.5, 0.6) is 5.75 Å². The van der Waals surface area contributed by atoms with Crippen molar-refractivity contribution in [1.29, 1.82) is 0 Å². The van der Waals surface area contributed by atoms with Crippen molar-refractivity contribution in [3.63, 3.8) is 0 Å². The summed E-state index contributed by atoms with van der Waals surface area (Å²) in [5, 5.41) is 9.47. The van der Waals surface area contributed by atoms with Crippen LogP contribution >= 0.6 is 11.6 Å². The largest absolute Gasteiger partial charge is 0.504 e. The van der Waals surface area contributed by atoms with Crippen molar-refractivity contribution in [2.24, 2.45) is 0 Å². The average molecular weight is 229 g/mol. The van der Waals surface area contributed by atoms with E-state index in [1.807, 2.05) is 0 Å². The van der Waals surface area contributed by atoms with Gasteiger partial charge in [-0.05, 0) is 18.6 Å². The molecule has 2 aromatic rings. The van der Waals surface area contributed by atoms with Crippen LogP contribution in [0.2, 0.25) is 5.02 Å². The number of aromatic hydroxyl groups is 1. The minimum absolute atomic E-state index is 0.114. The van der Waals surface area contributed by atoms with Crippen molar-refractivity contribution in [2.45, 2.75) is 6.92 Å². The fourth-order valence-corrected chi connectivity index (χ4v) is 1.56. The Labute approximate surface area is 88.7 Å². The highest BCUT2D eigenvalue weighted by Gasteiger charge is 2.15. The van der Waals surface area contributed by atoms with Crippen LogP contribution < -0.4 is 5.63 Å². The lowest BCUT2D eigenvalue weighted by molar-refractivity contribution is 0.425. The van der Waals surface area contributed by atoms with Crippen LogP contribution in [0.3, 0.4) is 0 Å². The highest BCUT2D eigenvalue weighted by atomic mass is 35.5. The molecule has 1 heterocycles. The van der Waals surface area contributed by atoms with Crippen LogP contribution in [0.4, 0.5) is 4.39 Å². The van der Waals surface area contributed by atoms with Gasteiger partial charge in [0.05, 0.1) is 5.02 Å². The molecule has 0 aliphatic carbocycles. The van der Waals surface area contributed by atoms with Crippen molar-refractivity contribution < 1.29 is 13.9 Å². The van der Waals surface area contributed by atoms with E-state index in [0.717, 1.165) is 0 Å². The molecular weight excluding hydrogens is 223 g/mol.